The molecule has 3 atom stereocenters. The largest absolute Gasteiger partial charge is 0.472 e. The number of carbonyl (C=O) groups excluding carboxylic acids is 3. The van der Waals surface area contributed by atoms with E-state index < -0.39 is 35.4 Å². The first kappa shape index (κ1) is 29.2. The lowest BCUT2D eigenvalue weighted by molar-refractivity contribution is -0.158. The van der Waals surface area contributed by atoms with Crippen molar-refractivity contribution in [3.63, 3.8) is 0 Å². The summed E-state index contributed by atoms with van der Waals surface area (Å²) in [5.74, 6) is -1.26. The Balaban J connectivity index is 1.74. The highest BCUT2D eigenvalue weighted by atomic mass is 32.2. The molecule has 0 aliphatic carbocycles. The van der Waals surface area contributed by atoms with Crippen LogP contribution in [0, 0.1) is 11.3 Å². The van der Waals surface area contributed by atoms with Crippen LogP contribution in [0.4, 0.5) is 0 Å². The molecular formula is C30H40N2O6S. The average Bonchev–Trinajstić information content (AvgIpc) is 3.31. The summed E-state index contributed by atoms with van der Waals surface area (Å²) in [6, 6.07) is 5.56. The molecule has 2 aliphatic heterocycles. The van der Waals surface area contributed by atoms with E-state index in [0.29, 0.717) is 18.9 Å². The fourth-order valence-corrected chi connectivity index (χ4v) is 6.09. The lowest BCUT2D eigenvalue weighted by Gasteiger charge is -2.34. The van der Waals surface area contributed by atoms with Gasteiger partial charge in [-0.05, 0) is 68.0 Å². The van der Waals surface area contributed by atoms with Gasteiger partial charge in [-0.25, -0.2) is 9.78 Å². The zero-order chi connectivity index (χ0) is 28.2. The van der Waals surface area contributed by atoms with Gasteiger partial charge in [-0.3, -0.25) is 9.59 Å². The van der Waals surface area contributed by atoms with E-state index in [-0.39, 0.29) is 25.5 Å². The third-order valence-electron chi connectivity index (χ3n) is 7.56. The van der Waals surface area contributed by atoms with Gasteiger partial charge in [-0.15, -0.1) is 11.8 Å². The molecule has 0 spiro atoms. The number of fused-ring (bicyclic) bond motifs is 3. The van der Waals surface area contributed by atoms with Crippen molar-refractivity contribution in [1.29, 1.82) is 0 Å². The maximum Gasteiger partial charge on any atom is 0.328 e. The van der Waals surface area contributed by atoms with Gasteiger partial charge in [-0.1, -0.05) is 20.8 Å². The third kappa shape index (κ3) is 6.86. The molecule has 0 N–H and O–H groups in total. The van der Waals surface area contributed by atoms with Crippen molar-refractivity contribution in [3.05, 3.63) is 30.0 Å². The van der Waals surface area contributed by atoms with E-state index >= 15 is 0 Å². The first-order valence-corrected chi connectivity index (χ1v) is 15.1. The number of ether oxygens (including phenoxy) is 3. The minimum Gasteiger partial charge on any atom is -0.472 e. The van der Waals surface area contributed by atoms with Crippen LogP contribution >= 0.6 is 11.8 Å². The molecule has 1 saturated heterocycles. The lowest BCUT2D eigenvalue weighted by Crippen LogP contribution is -2.48. The van der Waals surface area contributed by atoms with Gasteiger partial charge in [0.2, 0.25) is 11.8 Å². The minimum atomic E-state index is -0.794. The zero-order valence-corrected chi connectivity index (χ0v) is 24.5. The molecule has 39 heavy (non-hydrogen) atoms. The Labute approximate surface area is 235 Å². The van der Waals surface area contributed by atoms with Crippen molar-refractivity contribution in [1.82, 2.24) is 9.88 Å². The van der Waals surface area contributed by atoms with Crippen LogP contribution in [0.3, 0.4) is 0 Å². The van der Waals surface area contributed by atoms with Crippen LogP contribution in [0.5, 0.6) is 5.88 Å². The number of nitrogens with zero attached hydrogens (tertiary/aromatic N) is 2. The first-order chi connectivity index (χ1) is 18.6. The fraction of sp³-hybridized carbons (Fsp3) is 0.600. The molecule has 4 bridgehead atoms. The van der Waals surface area contributed by atoms with Crippen LogP contribution in [0.2, 0.25) is 0 Å². The van der Waals surface area contributed by atoms with E-state index in [0.717, 1.165) is 41.4 Å². The summed E-state index contributed by atoms with van der Waals surface area (Å²) < 4.78 is 17.3. The number of carbonyl (C=O) groups is 3. The molecule has 3 heterocycles. The molecule has 212 valence electrons. The van der Waals surface area contributed by atoms with Crippen molar-refractivity contribution in [2.24, 2.45) is 11.3 Å². The molecular weight excluding hydrogens is 516 g/mol. The van der Waals surface area contributed by atoms with E-state index in [9.17, 15) is 14.4 Å². The maximum absolute atomic E-state index is 14.0. The van der Waals surface area contributed by atoms with Crippen molar-refractivity contribution in [2.45, 2.75) is 83.3 Å². The Morgan fingerprint density at radius 1 is 1.18 bits per heavy atom. The second-order valence-corrected chi connectivity index (χ2v) is 12.2. The van der Waals surface area contributed by atoms with Crippen LogP contribution in [0.25, 0.3) is 10.8 Å². The molecule has 8 nitrogen and oxygen atoms in total. The molecule has 1 aromatic carbocycles. The standard InChI is InChI=1S/C30H40N2O6S/c1-6-36-29(35)24-16-20-18-32(24)28(34)23(30(2,3)4)17-26(33)37-13-9-7-8-10-19-14-22-21(25(15-19)39-5)11-12-31-27(22)38-20/h11-12,14-15,20,23-24H,6-10,13,16-18H2,1-5H3/t20-,23-,24+/m1/s1. The summed E-state index contributed by atoms with van der Waals surface area (Å²) in [6.45, 7) is 8.28. The van der Waals surface area contributed by atoms with Crippen LogP contribution < -0.4 is 4.74 Å². The number of amides is 1. The number of hydrogen-bond acceptors (Lipinski definition) is 8. The highest BCUT2D eigenvalue weighted by molar-refractivity contribution is 7.98. The number of hydrogen-bond donors (Lipinski definition) is 0. The molecule has 9 heteroatoms. The lowest BCUT2D eigenvalue weighted by atomic mass is 9.77. The van der Waals surface area contributed by atoms with Crippen LogP contribution in [-0.2, 0) is 30.3 Å². The molecule has 0 saturated carbocycles. The van der Waals surface area contributed by atoms with Gasteiger partial charge >= 0.3 is 11.9 Å². The van der Waals surface area contributed by atoms with E-state index in [1.54, 1.807) is 29.8 Å². The van der Waals surface area contributed by atoms with Gasteiger partial charge in [0, 0.05) is 28.3 Å². The first-order valence-electron chi connectivity index (χ1n) is 13.9. The van der Waals surface area contributed by atoms with Gasteiger partial charge in [0.15, 0.2) is 0 Å². The predicted molar refractivity (Wildman–Crippen MR) is 151 cm³/mol. The predicted octanol–water partition coefficient (Wildman–Crippen LogP) is 5.19. The van der Waals surface area contributed by atoms with Gasteiger partial charge in [0.1, 0.15) is 12.1 Å². The fourth-order valence-electron chi connectivity index (χ4n) is 5.42. The Kier molecular flexibility index (Phi) is 9.41. The molecule has 2 aromatic rings. The Morgan fingerprint density at radius 2 is 1.97 bits per heavy atom. The summed E-state index contributed by atoms with van der Waals surface area (Å²) in [4.78, 5) is 47.0. The molecule has 2 aliphatic rings. The summed E-state index contributed by atoms with van der Waals surface area (Å²) >= 11 is 1.68. The SMILES string of the molecule is CCOC(=O)[C@@H]1C[C@@H]2CN1C(=O)[C@H](C(C)(C)C)CC(=O)OCCCCCc1cc(SC)c3ccnc(c3c1)O2. The number of aryl methyl sites for hydroxylation is 1. The minimum absolute atomic E-state index is 0.0389. The van der Waals surface area contributed by atoms with Crippen molar-refractivity contribution in [2.75, 3.05) is 26.0 Å². The van der Waals surface area contributed by atoms with E-state index in [2.05, 4.69) is 23.4 Å². The number of cyclic esters (lactones) is 1. The summed E-state index contributed by atoms with van der Waals surface area (Å²) in [5.41, 5.74) is 0.681. The van der Waals surface area contributed by atoms with Crippen molar-refractivity contribution >= 4 is 40.4 Å². The van der Waals surface area contributed by atoms with Gasteiger partial charge in [0.05, 0.1) is 32.1 Å². The monoisotopic (exact) mass is 556 g/mol. The number of pyridine rings is 1. The molecule has 4 rings (SSSR count). The van der Waals surface area contributed by atoms with Crippen LogP contribution in [0.15, 0.2) is 29.3 Å². The van der Waals surface area contributed by atoms with Crippen LogP contribution in [-0.4, -0.2) is 65.9 Å². The van der Waals surface area contributed by atoms with Gasteiger partial charge in [-0.2, -0.15) is 0 Å². The van der Waals surface area contributed by atoms with Crippen molar-refractivity contribution < 1.29 is 28.6 Å². The quantitative estimate of drug-likeness (QED) is 0.377. The zero-order valence-electron chi connectivity index (χ0n) is 23.7. The topological polar surface area (TPSA) is 95.0 Å². The molecule has 1 fully saturated rings. The van der Waals surface area contributed by atoms with E-state index in [1.165, 1.54) is 5.56 Å². The maximum atomic E-state index is 14.0. The van der Waals surface area contributed by atoms with E-state index in [1.807, 2.05) is 26.8 Å². The normalized spacial score (nSPS) is 23.2. The van der Waals surface area contributed by atoms with Gasteiger partial charge < -0.3 is 19.1 Å². The Morgan fingerprint density at radius 3 is 2.69 bits per heavy atom. The average molecular weight is 557 g/mol. The second-order valence-electron chi connectivity index (χ2n) is 11.4. The number of rotatable bonds is 3. The summed E-state index contributed by atoms with van der Waals surface area (Å²) in [6.07, 6.45) is 7.15. The van der Waals surface area contributed by atoms with Crippen molar-refractivity contribution in [3.8, 4) is 5.88 Å². The van der Waals surface area contributed by atoms with E-state index in [4.69, 9.17) is 14.2 Å². The number of esters is 2. The summed E-state index contributed by atoms with van der Waals surface area (Å²) in [5, 5.41) is 2.00. The molecule has 0 radical (unpaired) electrons. The highest BCUT2D eigenvalue weighted by Gasteiger charge is 2.46. The molecule has 1 amide bonds. The third-order valence-corrected chi connectivity index (χ3v) is 8.33. The number of aromatic nitrogens is 1. The summed E-state index contributed by atoms with van der Waals surface area (Å²) in [7, 11) is 0. The highest BCUT2D eigenvalue weighted by Crippen LogP contribution is 2.37. The van der Waals surface area contributed by atoms with Gasteiger partial charge in [0.25, 0.3) is 0 Å². The molecule has 0 unspecified atom stereocenters. The number of benzene rings is 1. The second kappa shape index (κ2) is 12.6. The van der Waals surface area contributed by atoms with Crippen LogP contribution in [0.1, 0.15) is 65.4 Å². The molecule has 1 aromatic heterocycles. The Hall–Kier alpha value is -2.81. The number of thioether (sulfide) groups is 1. The smallest absolute Gasteiger partial charge is 0.328 e. The Bertz CT molecular complexity index is 1210.